The highest BCUT2D eigenvalue weighted by molar-refractivity contribution is 5.47. The van der Waals surface area contributed by atoms with Gasteiger partial charge in [0.1, 0.15) is 0 Å². The Labute approximate surface area is 104 Å². The molecule has 0 bridgehead atoms. The topological polar surface area (TPSA) is 17.3 Å². The van der Waals surface area contributed by atoms with E-state index in [9.17, 15) is 0 Å². The minimum atomic E-state index is 0.245. The quantitative estimate of drug-likeness (QED) is 0.752. The fraction of sp³-hybridized carbons (Fsp3) is 0.533. The molecule has 0 atom stereocenters. The van der Waals surface area contributed by atoms with Gasteiger partial charge in [-0.05, 0) is 31.0 Å². The van der Waals surface area contributed by atoms with Gasteiger partial charge in [-0.2, -0.15) is 5.10 Å². The van der Waals surface area contributed by atoms with E-state index < -0.39 is 0 Å². The average molecular weight is 230 g/mol. The molecular formula is C15H22N2. The predicted molar refractivity (Wildman–Crippen MR) is 72.4 cm³/mol. The van der Waals surface area contributed by atoms with Gasteiger partial charge in [-0.25, -0.2) is 4.52 Å². The first-order chi connectivity index (χ1) is 8.21. The van der Waals surface area contributed by atoms with Gasteiger partial charge in [-0.3, -0.25) is 0 Å². The van der Waals surface area contributed by atoms with E-state index in [1.165, 1.54) is 36.9 Å². The molecule has 0 saturated carbocycles. The summed E-state index contributed by atoms with van der Waals surface area (Å²) in [6.07, 6.45) is 6.76. The molecule has 0 radical (unpaired) electrons. The highest BCUT2D eigenvalue weighted by Gasteiger charge is 2.27. The molecule has 2 rings (SSSR count). The van der Waals surface area contributed by atoms with E-state index >= 15 is 0 Å². The molecule has 0 amide bonds. The van der Waals surface area contributed by atoms with Crippen LogP contribution in [0.3, 0.4) is 0 Å². The summed E-state index contributed by atoms with van der Waals surface area (Å²) in [6, 6.07) is 8.57. The Morgan fingerprint density at radius 2 is 1.82 bits per heavy atom. The first-order valence-corrected chi connectivity index (χ1v) is 6.64. The fourth-order valence-electron chi connectivity index (χ4n) is 2.89. The molecule has 2 heterocycles. The Bertz CT molecular complexity index is 478. The third kappa shape index (κ3) is 2.21. The molecule has 2 aromatic heterocycles. The standard InChI is InChI=1S/C15H22N2/c1-4-10-15(3,11-5-2)14-8-6-7-13-9-12-16-17(13)14/h6-9,12H,4-5,10-11H2,1-3H3. The third-order valence-corrected chi connectivity index (χ3v) is 3.64. The van der Waals surface area contributed by atoms with Gasteiger partial charge in [0.05, 0.1) is 5.52 Å². The third-order valence-electron chi connectivity index (χ3n) is 3.64. The maximum absolute atomic E-state index is 4.47. The smallest absolute Gasteiger partial charge is 0.0665 e. The molecular weight excluding hydrogens is 208 g/mol. The first kappa shape index (κ1) is 12.2. The summed E-state index contributed by atoms with van der Waals surface area (Å²) >= 11 is 0. The Morgan fingerprint density at radius 3 is 2.47 bits per heavy atom. The van der Waals surface area contributed by atoms with Crippen LogP contribution in [-0.2, 0) is 5.41 Å². The zero-order valence-electron chi connectivity index (χ0n) is 11.1. The minimum Gasteiger partial charge on any atom is -0.237 e. The second-order valence-electron chi connectivity index (χ2n) is 5.14. The summed E-state index contributed by atoms with van der Waals surface area (Å²) < 4.78 is 2.10. The van der Waals surface area contributed by atoms with Crippen molar-refractivity contribution in [2.75, 3.05) is 0 Å². The summed E-state index contributed by atoms with van der Waals surface area (Å²) in [4.78, 5) is 0. The molecule has 0 unspecified atom stereocenters. The average Bonchev–Trinajstić information content (AvgIpc) is 2.77. The van der Waals surface area contributed by atoms with Gasteiger partial charge in [-0.1, -0.05) is 39.7 Å². The van der Waals surface area contributed by atoms with Crippen LogP contribution in [0.25, 0.3) is 5.52 Å². The zero-order valence-corrected chi connectivity index (χ0v) is 11.1. The molecule has 0 aliphatic carbocycles. The van der Waals surface area contributed by atoms with Gasteiger partial charge >= 0.3 is 0 Å². The zero-order chi connectivity index (χ0) is 12.3. The van der Waals surface area contributed by atoms with Crippen LogP contribution in [0, 0.1) is 0 Å². The largest absolute Gasteiger partial charge is 0.237 e. The van der Waals surface area contributed by atoms with Crippen LogP contribution in [0.5, 0.6) is 0 Å². The monoisotopic (exact) mass is 230 g/mol. The number of hydrogen-bond acceptors (Lipinski definition) is 1. The van der Waals surface area contributed by atoms with E-state index in [2.05, 4.69) is 54.7 Å². The second-order valence-corrected chi connectivity index (χ2v) is 5.14. The van der Waals surface area contributed by atoms with E-state index in [0.29, 0.717) is 0 Å². The SMILES string of the molecule is CCCC(C)(CCC)c1cccc2ccnn12. The van der Waals surface area contributed by atoms with Crippen molar-refractivity contribution in [3.8, 4) is 0 Å². The van der Waals surface area contributed by atoms with Gasteiger partial charge in [0.15, 0.2) is 0 Å². The number of pyridine rings is 1. The highest BCUT2D eigenvalue weighted by atomic mass is 15.2. The second kappa shape index (κ2) is 4.91. The molecule has 2 nitrogen and oxygen atoms in total. The van der Waals surface area contributed by atoms with Crippen LogP contribution in [0.1, 0.15) is 52.1 Å². The summed E-state index contributed by atoms with van der Waals surface area (Å²) in [6.45, 7) is 6.89. The number of rotatable bonds is 5. The van der Waals surface area contributed by atoms with Crippen molar-refractivity contribution < 1.29 is 0 Å². The maximum atomic E-state index is 4.47. The van der Waals surface area contributed by atoms with Gasteiger partial charge in [0.2, 0.25) is 0 Å². The summed E-state index contributed by atoms with van der Waals surface area (Å²) in [5.41, 5.74) is 2.79. The molecule has 0 N–H and O–H groups in total. The Morgan fingerprint density at radius 1 is 1.12 bits per heavy atom. The van der Waals surface area contributed by atoms with Crippen molar-refractivity contribution in [1.82, 2.24) is 9.61 Å². The van der Waals surface area contributed by atoms with Crippen LogP contribution in [0.15, 0.2) is 30.5 Å². The molecule has 0 spiro atoms. The molecule has 2 heteroatoms. The van der Waals surface area contributed by atoms with Gasteiger partial charge in [0, 0.05) is 17.3 Å². The van der Waals surface area contributed by atoms with E-state index in [-0.39, 0.29) is 5.41 Å². The van der Waals surface area contributed by atoms with Crippen molar-refractivity contribution >= 4 is 5.52 Å². The van der Waals surface area contributed by atoms with Crippen molar-refractivity contribution in [2.24, 2.45) is 0 Å². The van der Waals surface area contributed by atoms with Crippen LogP contribution < -0.4 is 0 Å². The fourth-order valence-corrected chi connectivity index (χ4v) is 2.89. The minimum absolute atomic E-state index is 0.245. The Hall–Kier alpha value is -1.31. The molecule has 0 fully saturated rings. The maximum Gasteiger partial charge on any atom is 0.0665 e. The van der Waals surface area contributed by atoms with Gasteiger partial charge < -0.3 is 0 Å². The van der Waals surface area contributed by atoms with Crippen LogP contribution >= 0.6 is 0 Å². The van der Waals surface area contributed by atoms with Crippen LogP contribution in [-0.4, -0.2) is 9.61 Å². The molecule has 0 aromatic carbocycles. The number of hydrogen-bond donors (Lipinski definition) is 0. The number of fused-ring (bicyclic) bond motifs is 1. The summed E-state index contributed by atoms with van der Waals surface area (Å²) in [7, 11) is 0. The van der Waals surface area contributed by atoms with Crippen molar-refractivity contribution in [2.45, 2.75) is 51.9 Å². The molecule has 0 aliphatic heterocycles. The molecule has 0 saturated heterocycles. The van der Waals surface area contributed by atoms with E-state index in [1.54, 1.807) is 0 Å². The lowest BCUT2D eigenvalue weighted by atomic mass is 9.78. The molecule has 17 heavy (non-hydrogen) atoms. The lowest BCUT2D eigenvalue weighted by molar-refractivity contribution is 0.374. The van der Waals surface area contributed by atoms with Crippen molar-refractivity contribution in [1.29, 1.82) is 0 Å². The summed E-state index contributed by atoms with van der Waals surface area (Å²) in [5, 5.41) is 4.47. The van der Waals surface area contributed by atoms with Gasteiger partial charge in [-0.15, -0.1) is 0 Å². The Kier molecular flexibility index (Phi) is 3.51. The van der Waals surface area contributed by atoms with Crippen LogP contribution in [0.4, 0.5) is 0 Å². The molecule has 92 valence electrons. The van der Waals surface area contributed by atoms with E-state index in [0.717, 1.165) is 0 Å². The van der Waals surface area contributed by atoms with Crippen LogP contribution in [0.2, 0.25) is 0 Å². The van der Waals surface area contributed by atoms with Crippen molar-refractivity contribution in [3.05, 3.63) is 36.2 Å². The highest BCUT2D eigenvalue weighted by Crippen LogP contribution is 2.33. The van der Waals surface area contributed by atoms with Crippen molar-refractivity contribution in [3.63, 3.8) is 0 Å². The predicted octanol–water partition coefficient (Wildman–Crippen LogP) is 4.19. The Balaban J connectivity index is 2.51. The lowest BCUT2D eigenvalue weighted by Crippen LogP contribution is -2.25. The van der Waals surface area contributed by atoms with E-state index in [1.807, 2.05) is 6.20 Å². The summed E-state index contributed by atoms with van der Waals surface area (Å²) in [5.74, 6) is 0. The van der Waals surface area contributed by atoms with Gasteiger partial charge in [0.25, 0.3) is 0 Å². The first-order valence-electron chi connectivity index (χ1n) is 6.64. The number of nitrogens with zero attached hydrogens (tertiary/aromatic N) is 2. The molecule has 2 aromatic rings. The molecule has 0 aliphatic rings. The van der Waals surface area contributed by atoms with E-state index in [4.69, 9.17) is 0 Å². The normalized spacial score (nSPS) is 12.2. The number of aromatic nitrogens is 2. The lowest BCUT2D eigenvalue weighted by Gasteiger charge is -2.30.